The van der Waals surface area contributed by atoms with E-state index in [1.807, 2.05) is 0 Å². The molecule has 0 spiro atoms. The Balaban J connectivity index is 0. The van der Waals surface area contributed by atoms with Crippen molar-refractivity contribution in [3.05, 3.63) is 0 Å². The van der Waals surface area contributed by atoms with E-state index in [1.165, 1.54) is 0 Å². The average molecular weight is 304 g/mol. The molecule has 0 unspecified atom stereocenters. The monoisotopic (exact) mass is 306 g/mol. The van der Waals surface area contributed by atoms with Crippen LogP contribution in [0.3, 0.4) is 0 Å². The van der Waals surface area contributed by atoms with Crippen LogP contribution in [0.2, 0.25) is 0 Å². The number of thiocarbonyl (C=S) groups is 1. The second kappa shape index (κ2) is 5.21. The van der Waals surface area contributed by atoms with Crippen molar-refractivity contribution in [1.82, 2.24) is 0 Å². The Bertz CT molecular complexity index is 81.0. The SMILES string of the molecule is S=C(S)S(S)(S)S.[Mo]. The van der Waals surface area contributed by atoms with E-state index in [0.29, 0.717) is 3.53 Å². The molecule has 8 heavy (non-hydrogen) atoms. The van der Waals surface area contributed by atoms with Gasteiger partial charge >= 0.3 is 0 Å². The van der Waals surface area contributed by atoms with Gasteiger partial charge < -0.3 is 0 Å². The molecule has 7 heteroatoms. The molecule has 0 aromatic rings. The average Bonchev–Trinajstić information content (AvgIpc) is 1.31. The van der Waals surface area contributed by atoms with Gasteiger partial charge in [-0.3, -0.25) is 0 Å². The molecule has 0 radical (unpaired) electrons. The topological polar surface area (TPSA) is 0 Å². The Morgan fingerprint density at radius 2 is 1.38 bits per heavy atom. The summed E-state index contributed by atoms with van der Waals surface area (Å²) in [7, 11) is -1.56. The van der Waals surface area contributed by atoms with Crippen molar-refractivity contribution in [2.45, 2.75) is 0 Å². The standard InChI is InChI=1S/CH4S6.Mo/c2-1(3)7(4,5)6;/h4-6H,(H,2,3);. The van der Waals surface area contributed by atoms with Crippen LogP contribution >= 0.6 is 67.0 Å². The van der Waals surface area contributed by atoms with Gasteiger partial charge in [-0.1, -0.05) is 19.3 Å². The Labute approximate surface area is 90.4 Å². The van der Waals surface area contributed by atoms with Gasteiger partial charge in [0.25, 0.3) is 0 Å². The molecule has 0 bridgehead atoms. The Hall–Kier alpha value is 2.53. The van der Waals surface area contributed by atoms with E-state index >= 15 is 0 Å². The number of thiol groups is 4. The summed E-state index contributed by atoms with van der Waals surface area (Å²) in [6.45, 7) is 0. The van der Waals surface area contributed by atoms with Crippen LogP contribution in [0, 0.1) is 0 Å². The van der Waals surface area contributed by atoms with Crippen molar-refractivity contribution in [3.8, 4) is 0 Å². The van der Waals surface area contributed by atoms with Crippen molar-refractivity contribution in [1.29, 1.82) is 0 Å². The normalized spacial score (nSPS) is 12.0. The fourth-order valence-electron chi connectivity index (χ4n) is 0. The molecule has 0 saturated carbocycles. The van der Waals surface area contributed by atoms with E-state index in [2.05, 4.69) is 59.8 Å². The van der Waals surface area contributed by atoms with Crippen LogP contribution in [0.5, 0.6) is 0 Å². The molecular weight excluding hydrogens is 300 g/mol. The molecule has 0 atom stereocenters. The quantitative estimate of drug-likeness (QED) is 0.231. The third-order valence-corrected chi connectivity index (χ3v) is 6.33. The minimum absolute atomic E-state index is 0. The molecule has 0 aliphatic heterocycles. The molecule has 0 fully saturated rings. The summed E-state index contributed by atoms with van der Waals surface area (Å²) in [6.07, 6.45) is 0. The predicted octanol–water partition coefficient (Wildman–Crippen LogP) is 2.54. The molecule has 0 aromatic carbocycles. The largest absolute Gasteiger partial charge is 0.124 e. The molecule has 0 aliphatic carbocycles. The Morgan fingerprint density at radius 1 is 1.25 bits per heavy atom. The number of hydrogen-bond donors (Lipinski definition) is 4. The van der Waals surface area contributed by atoms with Crippen molar-refractivity contribution in [3.63, 3.8) is 0 Å². The maximum Gasteiger partial charge on any atom is 0.110 e. The molecule has 0 aliphatic rings. The van der Waals surface area contributed by atoms with Crippen LogP contribution in [0.4, 0.5) is 0 Å². The zero-order valence-electron chi connectivity index (χ0n) is 3.51. The number of hydrogen-bond acceptors (Lipinski definition) is 4. The summed E-state index contributed by atoms with van der Waals surface area (Å²) in [5.41, 5.74) is 0. The summed E-state index contributed by atoms with van der Waals surface area (Å²) in [5.74, 6) is 0. The maximum absolute atomic E-state index is 4.60. The Kier molecular flexibility index (Phi) is 8.57. The fraction of sp³-hybridized carbons (Fsp3) is 0. The van der Waals surface area contributed by atoms with Crippen LogP contribution in [0.25, 0.3) is 0 Å². The van der Waals surface area contributed by atoms with Crippen LogP contribution < -0.4 is 0 Å². The van der Waals surface area contributed by atoms with Crippen molar-refractivity contribution >= 4 is 70.5 Å². The van der Waals surface area contributed by atoms with Crippen LogP contribution in [0.1, 0.15) is 0 Å². The first kappa shape index (κ1) is 13.1. The molecule has 0 amide bonds. The van der Waals surface area contributed by atoms with E-state index in [9.17, 15) is 0 Å². The van der Waals surface area contributed by atoms with E-state index < -0.39 is 7.12 Å². The summed E-state index contributed by atoms with van der Waals surface area (Å²) in [6, 6.07) is 0. The third-order valence-electron chi connectivity index (χ3n) is 0.234. The molecular formula is CH4MoS6. The summed E-state index contributed by atoms with van der Waals surface area (Å²) < 4.78 is 0.447. The first-order valence-electron chi connectivity index (χ1n) is 1.18. The van der Waals surface area contributed by atoms with Gasteiger partial charge in [0.05, 0.1) is 0 Å². The fourth-order valence-corrected chi connectivity index (χ4v) is 0. The second-order valence-corrected chi connectivity index (χ2v) is 11.5. The van der Waals surface area contributed by atoms with Crippen molar-refractivity contribution in [2.24, 2.45) is 0 Å². The molecule has 0 rings (SSSR count). The molecule has 0 N–H and O–H groups in total. The smallest absolute Gasteiger partial charge is 0.110 e. The zero-order chi connectivity index (χ0) is 6.08. The predicted molar refractivity (Wildman–Crippen MR) is 56.1 cm³/mol. The van der Waals surface area contributed by atoms with E-state index in [-0.39, 0.29) is 21.1 Å². The van der Waals surface area contributed by atoms with Gasteiger partial charge in [-0.25, -0.2) is 0 Å². The minimum atomic E-state index is -1.56. The van der Waals surface area contributed by atoms with Gasteiger partial charge in [0, 0.05) is 21.1 Å². The Morgan fingerprint density at radius 3 is 1.38 bits per heavy atom. The van der Waals surface area contributed by atoms with Crippen molar-refractivity contribution in [2.75, 3.05) is 0 Å². The first-order valence-corrected chi connectivity index (χ1v) is 6.83. The van der Waals surface area contributed by atoms with Crippen LogP contribution in [0.15, 0.2) is 0 Å². The minimum Gasteiger partial charge on any atom is -0.124 e. The molecule has 50 valence electrons. The van der Waals surface area contributed by atoms with Crippen LogP contribution in [-0.4, -0.2) is 3.53 Å². The van der Waals surface area contributed by atoms with Gasteiger partial charge in [-0.2, -0.15) is 0 Å². The van der Waals surface area contributed by atoms with Crippen LogP contribution in [-0.2, 0) is 21.1 Å². The summed E-state index contributed by atoms with van der Waals surface area (Å²) in [4.78, 5) is 0. The summed E-state index contributed by atoms with van der Waals surface area (Å²) >= 11 is 20.3. The van der Waals surface area contributed by atoms with E-state index in [0.717, 1.165) is 0 Å². The summed E-state index contributed by atoms with van der Waals surface area (Å²) in [5, 5.41) is 0. The van der Waals surface area contributed by atoms with Gasteiger partial charge in [0.1, 0.15) is 3.53 Å². The third kappa shape index (κ3) is 6.65. The van der Waals surface area contributed by atoms with E-state index in [4.69, 9.17) is 0 Å². The van der Waals surface area contributed by atoms with Gasteiger partial charge in [-0.05, 0) is 0 Å². The molecule has 0 heterocycles. The van der Waals surface area contributed by atoms with Gasteiger partial charge in [-0.15, -0.1) is 47.6 Å². The molecule has 0 nitrogen and oxygen atoms in total. The number of rotatable bonds is 0. The zero-order valence-corrected chi connectivity index (χ0v) is 10.7. The maximum atomic E-state index is 4.60. The van der Waals surface area contributed by atoms with E-state index in [1.54, 1.807) is 0 Å². The van der Waals surface area contributed by atoms with Crippen molar-refractivity contribution < 1.29 is 21.1 Å². The molecule has 0 saturated heterocycles. The molecule has 0 aromatic heterocycles. The van der Waals surface area contributed by atoms with Gasteiger partial charge in [0.15, 0.2) is 0 Å². The second-order valence-electron chi connectivity index (χ2n) is 0.785. The first-order chi connectivity index (χ1) is 2.94. The van der Waals surface area contributed by atoms with Gasteiger partial charge in [0.2, 0.25) is 0 Å².